The number of nitrogens with zero attached hydrogens (tertiary/aromatic N) is 1. The molecule has 1 aliphatic rings. The zero-order valence-electron chi connectivity index (χ0n) is 11.4. The van der Waals surface area contributed by atoms with E-state index in [1.54, 1.807) is 13.0 Å². The van der Waals surface area contributed by atoms with Gasteiger partial charge in [-0.05, 0) is 44.6 Å². The van der Waals surface area contributed by atoms with Crippen LogP contribution in [0.4, 0.5) is 10.5 Å². The number of hydrogen-bond donors (Lipinski definition) is 3. The molecule has 104 valence electrons. The number of amides is 2. The van der Waals surface area contributed by atoms with E-state index in [1.165, 1.54) is 0 Å². The Labute approximate surface area is 113 Å². The van der Waals surface area contributed by atoms with Gasteiger partial charge in [-0.25, -0.2) is 4.79 Å². The zero-order valence-corrected chi connectivity index (χ0v) is 11.4. The van der Waals surface area contributed by atoms with Crippen LogP contribution in [0.15, 0.2) is 24.3 Å². The van der Waals surface area contributed by atoms with Gasteiger partial charge < -0.3 is 20.6 Å². The van der Waals surface area contributed by atoms with Crippen molar-refractivity contribution < 1.29 is 9.90 Å². The molecule has 0 aromatic heterocycles. The number of carbonyl (C=O) groups is 1. The van der Waals surface area contributed by atoms with Crippen molar-refractivity contribution in [2.75, 3.05) is 25.5 Å². The number of carbonyl (C=O) groups excluding carboxylic acids is 1. The van der Waals surface area contributed by atoms with Crippen molar-refractivity contribution in [2.45, 2.75) is 25.5 Å². The quantitative estimate of drug-likeness (QED) is 0.775. The minimum atomic E-state index is -0.534. The number of benzene rings is 1. The Morgan fingerprint density at radius 3 is 2.95 bits per heavy atom. The summed E-state index contributed by atoms with van der Waals surface area (Å²) in [7, 11) is 2.05. The van der Waals surface area contributed by atoms with Gasteiger partial charge in [0.05, 0.1) is 6.10 Å². The van der Waals surface area contributed by atoms with Crippen LogP contribution < -0.4 is 10.6 Å². The first-order valence-corrected chi connectivity index (χ1v) is 6.58. The van der Waals surface area contributed by atoms with Crippen molar-refractivity contribution >= 4 is 11.7 Å². The summed E-state index contributed by atoms with van der Waals surface area (Å²) in [4.78, 5) is 14.0. The molecule has 1 aromatic carbocycles. The largest absolute Gasteiger partial charge is 0.389 e. The summed E-state index contributed by atoms with van der Waals surface area (Å²) in [5.41, 5.74) is 1.49. The Hall–Kier alpha value is -1.59. The first-order chi connectivity index (χ1) is 9.04. The van der Waals surface area contributed by atoms with Crippen molar-refractivity contribution in [3.63, 3.8) is 0 Å². The summed E-state index contributed by atoms with van der Waals surface area (Å²) in [6.45, 7) is 3.61. The van der Waals surface area contributed by atoms with Gasteiger partial charge in [-0.15, -0.1) is 0 Å². The van der Waals surface area contributed by atoms with Crippen LogP contribution in [-0.2, 0) is 0 Å². The Balaban J connectivity index is 1.90. The molecule has 5 heteroatoms. The number of likely N-dealkylation sites (N-methyl/N-ethyl adjacent to an activating group) is 1. The highest BCUT2D eigenvalue weighted by atomic mass is 16.3. The number of anilines is 1. The maximum Gasteiger partial charge on any atom is 0.319 e. The second-order valence-electron chi connectivity index (χ2n) is 5.15. The van der Waals surface area contributed by atoms with Crippen molar-refractivity contribution in [2.24, 2.45) is 0 Å². The van der Waals surface area contributed by atoms with Gasteiger partial charge in [0.1, 0.15) is 0 Å². The Morgan fingerprint density at radius 1 is 1.53 bits per heavy atom. The van der Waals surface area contributed by atoms with E-state index in [-0.39, 0.29) is 12.1 Å². The molecule has 2 unspecified atom stereocenters. The minimum Gasteiger partial charge on any atom is -0.389 e. The Kier molecular flexibility index (Phi) is 4.39. The highest BCUT2D eigenvalue weighted by Gasteiger charge is 2.20. The van der Waals surface area contributed by atoms with Crippen LogP contribution >= 0.6 is 0 Å². The van der Waals surface area contributed by atoms with Crippen molar-refractivity contribution in [3.05, 3.63) is 29.8 Å². The number of nitrogens with one attached hydrogen (secondary N) is 2. The predicted octanol–water partition coefficient (Wildman–Crippen LogP) is 1.57. The fraction of sp³-hybridized carbons (Fsp3) is 0.500. The lowest BCUT2D eigenvalue weighted by atomic mass is 10.1. The van der Waals surface area contributed by atoms with Gasteiger partial charge in [0, 0.05) is 18.3 Å². The van der Waals surface area contributed by atoms with Gasteiger partial charge in [-0.2, -0.15) is 0 Å². The van der Waals surface area contributed by atoms with E-state index in [0.29, 0.717) is 5.69 Å². The monoisotopic (exact) mass is 263 g/mol. The van der Waals surface area contributed by atoms with Crippen molar-refractivity contribution in [1.82, 2.24) is 10.2 Å². The van der Waals surface area contributed by atoms with E-state index in [1.807, 2.05) is 25.2 Å². The normalized spacial score (nSPS) is 21.1. The molecule has 1 saturated heterocycles. The average Bonchev–Trinajstić information content (AvgIpc) is 2.74. The molecule has 1 fully saturated rings. The fourth-order valence-electron chi connectivity index (χ4n) is 2.28. The second kappa shape index (κ2) is 6.04. The van der Waals surface area contributed by atoms with E-state index in [0.717, 1.165) is 25.1 Å². The molecule has 2 rings (SSSR count). The molecule has 0 radical (unpaired) electrons. The molecular formula is C14H21N3O2. The third kappa shape index (κ3) is 3.94. The smallest absolute Gasteiger partial charge is 0.319 e. The van der Waals surface area contributed by atoms with E-state index in [4.69, 9.17) is 0 Å². The molecule has 3 N–H and O–H groups in total. The van der Waals surface area contributed by atoms with E-state index in [9.17, 15) is 9.90 Å². The Morgan fingerprint density at radius 2 is 2.32 bits per heavy atom. The molecule has 1 aliphatic heterocycles. The molecule has 19 heavy (non-hydrogen) atoms. The molecule has 0 aliphatic carbocycles. The highest BCUT2D eigenvalue weighted by Crippen LogP contribution is 2.17. The van der Waals surface area contributed by atoms with Crippen LogP contribution in [0.5, 0.6) is 0 Å². The van der Waals surface area contributed by atoms with Crippen LogP contribution in [-0.4, -0.2) is 42.2 Å². The first-order valence-electron chi connectivity index (χ1n) is 6.58. The lowest BCUT2D eigenvalue weighted by Gasteiger charge is -2.14. The summed E-state index contributed by atoms with van der Waals surface area (Å²) in [5, 5.41) is 15.3. The van der Waals surface area contributed by atoms with Crippen molar-refractivity contribution in [1.29, 1.82) is 0 Å². The topological polar surface area (TPSA) is 64.6 Å². The van der Waals surface area contributed by atoms with Crippen molar-refractivity contribution in [3.8, 4) is 0 Å². The number of likely N-dealkylation sites (tertiary alicyclic amines) is 1. The molecular weight excluding hydrogens is 242 g/mol. The van der Waals surface area contributed by atoms with Gasteiger partial charge in [0.2, 0.25) is 0 Å². The first kappa shape index (κ1) is 13.8. The van der Waals surface area contributed by atoms with Gasteiger partial charge in [0.25, 0.3) is 0 Å². The van der Waals surface area contributed by atoms with Crippen LogP contribution in [0.1, 0.15) is 25.0 Å². The standard InChI is InChI=1S/C14H21N3O2/c1-10(18)11-4-3-5-12(8-11)15-14(19)16-13-6-7-17(2)9-13/h3-5,8,10,13,18H,6-7,9H2,1-2H3,(H2,15,16,19). The van der Waals surface area contributed by atoms with Crippen LogP contribution in [0, 0.1) is 0 Å². The minimum absolute atomic E-state index is 0.192. The summed E-state index contributed by atoms with van der Waals surface area (Å²) in [6.07, 6.45) is 0.450. The molecule has 0 spiro atoms. The maximum absolute atomic E-state index is 11.9. The van der Waals surface area contributed by atoms with E-state index in [2.05, 4.69) is 15.5 Å². The third-order valence-corrected chi connectivity index (χ3v) is 3.35. The Bertz CT molecular complexity index is 448. The third-order valence-electron chi connectivity index (χ3n) is 3.35. The lowest BCUT2D eigenvalue weighted by molar-refractivity contribution is 0.199. The summed E-state index contributed by atoms with van der Waals surface area (Å²) in [5.74, 6) is 0. The zero-order chi connectivity index (χ0) is 13.8. The molecule has 2 amide bonds. The number of hydrogen-bond acceptors (Lipinski definition) is 3. The van der Waals surface area contributed by atoms with Gasteiger partial charge in [0.15, 0.2) is 0 Å². The number of urea groups is 1. The second-order valence-corrected chi connectivity index (χ2v) is 5.15. The lowest BCUT2D eigenvalue weighted by Crippen LogP contribution is -2.39. The molecule has 1 aromatic rings. The van der Waals surface area contributed by atoms with Crippen LogP contribution in [0.2, 0.25) is 0 Å². The van der Waals surface area contributed by atoms with Crippen LogP contribution in [0.3, 0.4) is 0 Å². The fourth-order valence-corrected chi connectivity index (χ4v) is 2.28. The summed E-state index contributed by atoms with van der Waals surface area (Å²) < 4.78 is 0. The summed E-state index contributed by atoms with van der Waals surface area (Å²) in [6, 6.07) is 7.27. The maximum atomic E-state index is 11.9. The molecule has 5 nitrogen and oxygen atoms in total. The van der Waals surface area contributed by atoms with E-state index >= 15 is 0 Å². The molecule has 1 heterocycles. The predicted molar refractivity (Wildman–Crippen MR) is 75.1 cm³/mol. The molecule has 2 atom stereocenters. The molecule has 0 bridgehead atoms. The average molecular weight is 263 g/mol. The highest BCUT2D eigenvalue weighted by molar-refractivity contribution is 5.89. The summed E-state index contributed by atoms with van der Waals surface area (Å²) >= 11 is 0. The number of rotatable bonds is 3. The number of aliphatic hydroxyl groups excluding tert-OH is 1. The van der Waals surface area contributed by atoms with Crippen LogP contribution in [0.25, 0.3) is 0 Å². The van der Waals surface area contributed by atoms with Gasteiger partial charge >= 0.3 is 6.03 Å². The number of aliphatic hydroxyl groups is 1. The van der Waals surface area contributed by atoms with Gasteiger partial charge in [-0.3, -0.25) is 0 Å². The van der Waals surface area contributed by atoms with Gasteiger partial charge in [-0.1, -0.05) is 12.1 Å². The SMILES string of the molecule is CC(O)c1cccc(NC(=O)NC2CCN(C)C2)c1. The molecule has 0 saturated carbocycles. The van der Waals surface area contributed by atoms with E-state index < -0.39 is 6.10 Å².